The Balaban J connectivity index is 1.21. The van der Waals surface area contributed by atoms with E-state index in [1.54, 1.807) is 35.2 Å². The summed E-state index contributed by atoms with van der Waals surface area (Å²) in [7, 11) is 0. The van der Waals surface area contributed by atoms with Crippen LogP contribution in [0.3, 0.4) is 0 Å². The SMILES string of the molecule is O=C(Nc1ccc(O[C@H]2CCN(C(=O)[C@@H]3CCC[C@H]3C(=O)O)C2)cc1)c1nc(-c2ccccc2)oc1C(F)(F)F. The van der Waals surface area contributed by atoms with Gasteiger partial charge in [-0.05, 0) is 49.2 Å². The molecule has 3 aromatic rings. The lowest BCUT2D eigenvalue weighted by Gasteiger charge is -2.23. The van der Waals surface area contributed by atoms with Crippen molar-refractivity contribution in [2.45, 2.75) is 38.0 Å². The Morgan fingerprint density at radius 3 is 2.38 bits per heavy atom. The van der Waals surface area contributed by atoms with Gasteiger partial charge in [0.15, 0.2) is 5.69 Å². The molecule has 2 aliphatic rings. The standard InChI is InChI=1S/C28H26F3N3O6/c29-28(30,31)23-22(33-25(40-23)16-5-2-1-3-6-16)24(35)32-17-9-11-18(12-10-17)39-19-13-14-34(15-19)26(36)20-7-4-8-21(20)27(37)38/h1-3,5-6,9-12,19-21H,4,7-8,13-15H2,(H,32,35)(H,37,38)/t19-,20+,21+/m0/s1. The van der Waals surface area contributed by atoms with E-state index in [1.807, 2.05) is 0 Å². The minimum absolute atomic E-state index is 0.157. The number of ether oxygens (including phenoxy) is 1. The molecule has 0 spiro atoms. The molecule has 9 nitrogen and oxygen atoms in total. The predicted molar refractivity (Wildman–Crippen MR) is 135 cm³/mol. The van der Waals surface area contributed by atoms with E-state index in [-0.39, 0.29) is 23.6 Å². The quantitative estimate of drug-likeness (QED) is 0.415. The van der Waals surface area contributed by atoms with Gasteiger partial charge in [0.05, 0.1) is 18.4 Å². The number of carboxylic acid groups (broad SMARTS) is 1. The molecule has 0 unspecified atom stereocenters. The molecule has 2 amide bonds. The van der Waals surface area contributed by atoms with E-state index in [4.69, 9.17) is 9.15 Å². The van der Waals surface area contributed by atoms with E-state index >= 15 is 0 Å². The second-order valence-electron chi connectivity index (χ2n) is 9.83. The first kappa shape index (κ1) is 27.2. The smallest absolute Gasteiger partial charge is 0.452 e. The first-order chi connectivity index (χ1) is 19.1. The maximum atomic E-state index is 13.6. The number of likely N-dealkylation sites (tertiary alicyclic amines) is 1. The summed E-state index contributed by atoms with van der Waals surface area (Å²) in [6.45, 7) is 0.793. The summed E-state index contributed by atoms with van der Waals surface area (Å²) in [4.78, 5) is 42.5. The Morgan fingerprint density at radius 1 is 1.00 bits per heavy atom. The number of carboxylic acids is 1. The van der Waals surface area contributed by atoms with Gasteiger partial charge < -0.3 is 24.5 Å². The second-order valence-corrected chi connectivity index (χ2v) is 9.83. The number of rotatable bonds is 7. The number of alkyl halides is 3. The van der Waals surface area contributed by atoms with Crippen molar-refractivity contribution in [2.75, 3.05) is 18.4 Å². The zero-order valence-electron chi connectivity index (χ0n) is 21.2. The maximum absolute atomic E-state index is 13.6. The Hall–Kier alpha value is -4.35. The van der Waals surface area contributed by atoms with Crippen LogP contribution in [-0.2, 0) is 15.8 Å². The number of benzene rings is 2. The Morgan fingerprint density at radius 2 is 1.70 bits per heavy atom. The lowest BCUT2D eigenvalue weighted by Crippen LogP contribution is -2.38. The van der Waals surface area contributed by atoms with Crippen LogP contribution in [0, 0.1) is 11.8 Å². The molecule has 1 saturated carbocycles. The Bertz CT molecular complexity index is 1390. The van der Waals surface area contributed by atoms with Crippen LogP contribution in [0.15, 0.2) is 59.0 Å². The van der Waals surface area contributed by atoms with Crippen LogP contribution in [0.4, 0.5) is 18.9 Å². The minimum atomic E-state index is -4.92. The topological polar surface area (TPSA) is 122 Å². The Kier molecular flexibility index (Phi) is 7.51. The van der Waals surface area contributed by atoms with E-state index in [9.17, 15) is 32.7 Å². The molecular weight excluding hydrogens is 531 g/mol. The van der Waals surface area contributed by atoms with Gasteiger partial charge >= 0.3 is 12.1 Å². The highest BCUT2D eigenvalue weighted by molar-refractivity contribution is 6.04. The number of nitrogens with zero attached hydrogens (tertiary/aromatic N) is 2. The number of oxazole rings is 1. The van der Waals surface area contributed by atoms with Crippen LogP contribution in [0.5, 0.6) is 5.75 Å². The second kappa shape index (κ2) is 11.0. The molecule has 3 atom stereocenters. The summed E-state index contributed by atoms with van der Waals surface area (Å²) in [5.74, 6) is -4.70. The summed E-state index contributed by atoms with van der Waals surface area (Å²) in [5.41, 5.74) is -0.362. The fraction of sp³-hybridized carbons (Fsp3) is 0.357. The van der Waals surface area contributed by atoms with Crippen LogP contribution in [0.1, 0.15) is 41.9 Å². The zero-order valence-corrected chi connectivity index (χ0v) is 21.2. The van der Waals surface area contributed by atoms with Crippen molar-refractivity contribution in [3.8, 4) is 17.2 Å². The molecule has 210 valence electrons. The number of amides is 2. The third-order valence-corrected chi connectivity index (χ3v) is 7.14. The van der Waals surface area contributed by atoms with Crippen molar-refractivity contribution in [3.63, 3.8) is 0 Å². The molecule has 2 N–H and O–H groups in total. The van der Waals surface area contributed by atoms with Gasteiger partial charge in [-0.15, -0.1) is 0 Å². The fourth-order valence-electron chi connectivity index (χ4n) is 5.18. The number of carbonyl (C=O) groups excluding carboxylic acids is 2. The summed E-state index contributed by atoms with van der Waals surface area (Å²) in [6.07, 6.45) is -2.86. The lowest BCUT2D eigenvalue weighted by molar-refractivity contribution is -0.153. The number of carbonyl (C=O) groups is 3. The van der Waals surface area contributed by atoms with Gasteiger partial charge in [0, 0.05) is 24.2 Å². The molecule has 12 heteroatoms. The third-order valence-electron chi connectivity index (χ3n) is 7.14. The maximum Gasteiger partial charge on any atom is 0.452 e. The molecule has 2 aromatic carbocycles. The summed E-state index contributed by atoms with van der Waals surface area (Å²) in [6, 6.07) is 14.0. The van der Waals surface area contributed by atoms with Crippen molar-refractivity contribution in [2.24, 2.45) is 11.8 Å². The van der Waals surface area contributed by atoms with Crippen molar-refractivity contribution in [1.82, 2.24) is 9.88 Å². The number of nitrogens with one attached hydrogen (secondary N) is 1. The van der Waals surface area contributed by atoms with Gasteiger partial charge in [0.1, 0.15) is 11.9 Å². The average molecular weight is 558 g/mol. The number of hydrogen-bond donors (Lipinski definition) is 2. The zero-order chi connectivity index (χ0) is 28.4. The van der Waals surface area contributed by atoms with E-state index in [0.29, 0.717) is 50.1 Å². The van der Waals surface area contributed by atoms with Crippen LogP contribution in [0.2, 0.25) is 0 Å². The molecule has 1 aliphatic heterocycles. The van der Waals surface area contributed by atoms with E-state index in [1.165, 1.54) is 24.3 Å². The molecule has 2 heterocycles. The number of anilines is 1. The van der Waals surface area contributed by atoms with Gasteiger partial charge in [-0.25, -0.2) is 4.98 Å². The highest BCUT2D eigenvalue weighted by Crippen LogP contribution is 2.36. The number of halogens is 3. The highest BCUT2D eigenvalue weighted by Gasteiger charge is 2.43. The summed E-state index contributed by atoms with van der Waals surface area (Å²) < 4.78 is 51.6. The molecule has 0 bridgehead atoms. The van der Waals surface area contributed by atoms with Crippen LogP contribution >= 0.6 is 0 Å². The Labute approximate surface area is 226 Å². The fourth-order valence-corrected chi connectivity index (χ4v) is 5.18. The predicted octanol–water partition coefficient (Wildman–Crippen LogP) is 5.09. The third kappa shape index (κ3) is 5.80. The van der Waals surface area contributed by atoms with E-state index in [2.05, 4.69) is 10.3 Å². The molecule has 2 fully saturated rings. The van der Waals surface area contributed by atoms with Gasteiger partial charge in [-0.3, -0.25) is 14.4 Å². The van der Waals surface area contributed by atoms with Gasteiger partial charge in [-0.1, -0.05) is 24.6 Å². The minimum Gasteiger partial charge on any atom is -0.489 e. The highest BCUT2D eigenvalue weighted by atomic mass is 19.4. The number of aliphatic carboxylic acids is 1. The molecule has 1 aliphatic carbocycles. The normalized spacial score (nSPS) is 20.9. The van der Waals surface area contributed by atoms with Crippen LogP contribution in [-0.4, -0.2) is 52.0 Å². The number of aromatic nitrogens is 1. The van der Waals surface area contributed by atoms with Crippen molar-refractivity contribution in [3.05, 3.63) is 66.1 Å². The van der Waals surface area contributed by atoms with E-state index in [0.717, 1.165) is 0 Å². The largest absolute Gasteiger partial charge is 0.489 e. The van der Waals surface area contributed by atoms with Crippen LogP contribution in [0.25, 0.3) is 11.5 Å². The average Bonchev–Trinajstić information content (AvgIpc) is 3.69. The monoisotopic (exact) mass is 557 g/mol. The lowest BCUT2D eigenvalue weighted by atomic mass is 9.95. The summed E-state index contributed by atoms with van der Waals surface area (Å²) in [5, 5.41) is 11.8. The first-order valence-corrected chi connectivity index (χ1v) is 12.8. The molecule has 1 saturated heterocycles. The summed E-state index contributed by atoms with van der Waals surface area (Å²) >= 11 is 0. The van der Waals surface area contributed by atoms with E-state index < -0.39 is 41.3 Å². The van der Waals surface area contributed by atoms with Gasteiger partial charge in [-0.2, -0.15) is 13.2 Å². The molecule has 1 aromatic heterocycles. The van der Waals surface area contributed by atoms with Crippen molar-refractivity contribution in [1.29, 1.82) is 0 Å². The first-order valence-electron chi connectivity index (χ1n) is 12.8. The molecular formula is C28H26F3N3O6. The van der Waals surface area contributed by atoms with Gasteiger partial charge in [0.25, 0.3) is 5.91 Å². The van der Waals surface area contributed by atoms with Crippen molar-refractivity contribution < 1.29 is 41.8 Å². The molecule has 0 radical (unpaired) electrons. The molecule has 5 rings (SSSR count). The van der Waals surface area contributed by atoms with Crippen molar-refractivity contribution >= 4 is 23.5 Å². The van der Waals surface area contributed by atoms with Crippen LogP contribution < -0.4 is 10.1 Å². The number of hydrogen-bond acceptors (Lipinski definition) is 6. The molecule has 40 heavy (non-hydrogen) atoms. The van der Waals surface area contributed by atoms with Gasteiger partial charge in [0.2, 0.25) is 17.6 Å².